The fraction of sp³-hybridized carbons (Fsp3) is 0.455. The molecule has 80 valence electrons. The van der Waals surface area contributed by atoms with E-state index in [0.717, 1.165) is 0 Å². The molecule has 1 aromatic rings. The van der Waals surface area contributed by atoms with Crippen molar-refractivity contribution in [3.8, 4) is 0 Å². The van der Waals surface area contributed by atoms with Gasteiger partial charge in [-0.05, 0) is 30.9 Å². The van der Waals surface area contributed by atoms with Gasteiger partial charge in [0.15, 0.2) is 0 Å². The normalized spacial score (nSPS) is 17.1. The molecule has 4 heteroatoms. The van der Waals surface area contributed by atoms with Crippen molar-refractivity contribution >= 4 is 17.5 Å². The van der Waals surface area contributed by atoms with Gasteiger partial charge in [-0.2, -0.15) is 0 Å². The molecule has 0 aliphatic heterocycles. The van der Waals surface area contributed by atoms with Crippen LogP contribution < -0.4 is 5.32 Å². The van der Waals surface area contributed by atoms with E-state index >= 15 is 0 Å². The lowest BCUT2D eigenvalue weighted by molar-refractivity contribution is 0.0952. The lowest BCUT2D eigenvalue weighted by atomic mass is 10.2. The quantitative estimate of drug-likeness (QED) is 0.793. The first-order chi connectivity index (χ1) is 7.27. The van der Waals surface area contributed by atoms with Crippen LogP contribution in [-0.2, 0) is 0 Å². The number of nitrogens with one attached hydrogen (secondary N) is 1. The smallest absolute Gasteiger partial charge is 0.252 e. The number of nitrogens with zero attached hydrogens (tertiary/aromatic N) is 1. The van der Waals surface area contributed by atoms with Gasteiger partial charge in [-0.25, -0.2) is 0 Å². The van der Waals surface area contributed by atoms with Crippen LogP contribution in [-0.4, -0.2) is 22.8 Å². The highest BCUT2D eigenvalue weighted by atomic mass is 35.5. The number of pyridine rings is 1. The molecule has 1 saturated carbocycles. The van der Waals surface area contributed by atoms with E-state index in [0.29, 0.717) is 18.0 Å². The van der Waals surface area contributed by atoms with Crippen molar-refractivity contribution in [2.24, 2.45) is 5.92 Å². The van der Waals surface area contributed by atoms with Crippen LogP contribution in [0.1, 0.15) is 23.2 Å². The second-order valence-electron chi connectivity index (χ2n) is 3.81. The highest BCUT2D eigenvalue weighted by Gasteiger charge is 2.29. The van der Waals surface area contributed by atoms with Crippen molar-refractivity contribution in [3.05, 3.63) is 30.1 Å². The number of aromatic nitrogens is 1. The third kappa shape index (κ3) is 2.93. The summed E-state index contributed by atoms with van der Waals surface area (Å²) < 4.78 is 0. The zero-order chi connectivity index (χ0) is 10.7. The summed E-state index contributed by atoms with van der Waals surface area (Å²) in [4.78, 5) is 15.5. The molecule has 1 fully saturated rings. The summed E-state index contributed by atoms with van der Waals surface area (Å²) in [6.07, 6.45) is 5.58. The summed E-state index contributed by atoms with van der Waals surface area (Å²) in [5.74, 6) is 0.496. The number of carbonyl (C=O) groups is 1. The highest BCUT2D eigenvalue weighted by molar-refractivity contribution is 6.21. The van der Waals surface area contributed by atoms with E-state index in [4.69, 9.17) is 11.6 Å². The van der Waals surface area contributed by atoms with E-state index in [2.05, 4.69) is 10.3 Å². The standard InChI is InChI=1S/C11H13ClN2O/c12-10(8-3-4-8)7-14-11(15)9-2-1-5-13-6-9/h1-2,5-6,8,10H,3-4,7H2,(H,14,15). The van der Waals surface area contributed by atoms with E-state index in [1.165, 1.54) is 12.8 Å². The summed E-state index contributed by atoms with van der Waals surface area (Å²) in [6, 6.07) is 3.48. The van der Waals surface area contributed by atoms with Crippen LogP contribution in [0, 0.1) is 5.92 Å². The first-order valence-corrected chi connectivity index (χ1v) is 5.53. The molecule has 2 rings (SSSR count). The monoisotopic (exact) mass is 224 g/mol. The zero-order valence-corrected chi connectivity index (χ0v) is 9.07. The van der Waals surface area contributed by atoms with E-state index < -0.39 is 0 Å². The summed E-state index contributed by atoms with van der Waals surface area (Å²) in [7, 11) is 0. The van der Waals surface area contributed by atoms with Gasteiger partial charge >= 0.3 is 0 Å². The molecule has 3 nitrogen and oxygen atoms in total. The Kier molecular flexibility index (Phi) is 3.21. The lowest BCUT2D eigenvalue weighted by Gasteiger charge is -2.09. The Morgan fingerprint density at radius 3 is 3.07 bits per heavy atom. The van der Waals surface area contributed by atoms with Crippen LogP contribution in [0.5, 0.6) is 0 Å². The predicted octanol–water partition coefficient (Wildman–Crippen LogP) is 1.83. The minimum Gasteiger partial charge on any atom is -0.350 e. The first-order valence-electron chi connectivity index (χ1n) is 5.09. The van der Waals surface area contributed by atoms with Gasteiger partial charge in [-0.15, -0.1) is 11.6 Å². The minimum absolute atomic E-state index is 0.0746. The largest absolute Gasteiger partial charge is 0.350 e. The van der Waals surface area contributed by atoms with Crippen molar-refractivity contribution in [2.75, 3.05) is 6.54 Å². The van der Waals surface area contributed by atoms with Crippen LogP contribution in [0.4, 0.5) is 0 Å². The van der Waals surface area contributed by atoms with Crippen molar-refractivity contribution in [2.45, 2.75) is 18.2 Å². The number of rotatable bonds is 4. The molecule has 0 bridgehead atoms. The second kappa shape index (κ2) is 4.62. The Bertz CT molecular complexity index is 338. The van der Waals surface area contributed by atoms with Crippen LogP contribution in [0.3, 0.4) is 0 Å². The number of alkyl halides is 1. The Balaban J connectivity index is 1.82. The lowest BCUT2D eigenvalue weighted by Crippen LogP contribution is -2.30. The Morgan fingerprint density at radius 2 is 2.47 bits per heavy atom. The molecular formula is C11H13ClN2O. The molecule has 1 aromatic heterocycles. The van der Waals surface area contributed by atoms with E-state index in [1.807, 2.05) is 0 Å². The van der Waals surface area contributed by atoms with Crippen LogP contribution >= 0.6 is 11.6 Å². The molecule has 1 aliphatic carbocycles. The topological polar surface area (TPSA) is 42.0 Å². The molecule has 0 aromatic carbocycles. The maximum Gasteiger partial charge on any atom is 0.252 e. The fourth-order valence-corrected chi connectivity index (χ4v) is 1.74. The third-order valence-electron chi connectivity index (χ3n) is 2.51. The molecule has 0 saturated heterocycles. The van der Waals surface area contributed by atoms with Gasteiger partial charge in [-0.1, -0.05) is 0 Å². The van der Waals surface area contributed by atoms with Crippen molar-refractivity contribution in [1.29, 1.82) is 0 Å². The van der Waals surface area contributed by atoms with Gasteiger partial charge in [0.1, 0.15) is 0 Å². The molecule has 1 N–H and O–H groups in total. The number of hydrogen-bond acceptors (Lipinski definition) is 2. The molecule has 1 atom stereocenters. The number of carbonyl (C=O) groups excluding carboxylic acids is 1. The SMILES string of the molecule is O=C(NCC(Cl)C1CC1)c1cccnc1. The summed E-state index contributed by atoms with van der Waals surface area (Å²) in [5.41, 5.74) is 0.581. The maximum absolute atomic E-state index is 11.6. The number of halogens is 1. The van der Waals surface area contributed by atoms with Crippen LogP contribution in [0.25, 0.3) is 0 Å². The maximum atomic E-state index is 11.6. The Labute approximate surface area is 93.8 Å². The first kappa shape index (κ1) is 10.4. The van der Waals surface area contributed by atoms with Crippen LogP contribution in [0.2, 0.25) is 0 Å². The summed E-state index contributed by atoms with van der Waals surface area (Å²) >= 11 is 6.08. The summed E-state index contributed by atoms with van der Waals surface area (Å²) in [5, 5.41) is 2.88. The van der Waals surface area contributed by atoms with Gasteiger partial charge in [0.25, 0.3) is 5.91 Å². The molecule has 1 amide bonds. The number of hydrogen-bond donors (Lipinski definition) is 1. The van der Waals surface area contributed by atoms with E-state index in [9.17, 15) is 4.79 Å². The van der Waals surface area contributed by atoms with Gasteiger partial charge in [-0.3, -0.25) is 9.78 Å². The van der Waals surface area contributed by atoms with Gasteiger partial charge in [0, 0.05) is 18.9 Å². The van der Waals surface area contributed by atoms with Gasteiger partial charge in [0.05, 0.1) is 10.9 Å². The average molecular weight is 225 g/mol. The van der Waals surface area contributed by atoms with Crippen LogP contribution in [0.15, 0.2) is 24.5 Å². The Hall–Kier alpha value is -1.09. The van der Waals surface area contributed by atoms with Gasteiger partial charge in [0.2, 0.25) is 0 Å². The molecule has 1 unspecified atom stereocenters. The number of amides is 1. The van der Waals surface area contributed by atoms with Crippen molar-refractivity contribution in [3.63, 3.8) is 0 Å². The second-order valence-corrected chi connectivity index (χ2v) is 4.37. The molecule has 1 heterocycles. The van der Waals surface area contributed by atoms with Gasteiger partial charge < -0.3 is 5.32 Å². The minimum atomic E-state index is -0.102. The molecule has 1 aliphatic rings. The van der Waals surface area contributed by atoms with Crippen molar-refractivity contribution < 1.29 is 4.79 Å². The highest BCUT2D eigenvalue weighted by Crippen LogP contribution is 2.35. The molecule has 15 heavy (non-hydrogen) atoms. The average Bonchev–Trinajstić information content (AvgIpc) is 3.10. The third-order valence-corrected chi connectivity index (χ3v) is 3.03. The van der Waals surface area contributed by atoms with E-state index in [-0.39, 0.29) is 11.3 Å². The van der Waals surface area contributed by atoms with E-state index in [1.54, 1.807) is 24.5 Å². The van der Waals surface area contributed by atoms with Crippen molar-refractivity contribution in [1.82, 2.24) is 10.3 Å². The zero-order valence-electron chi connectivity index (χ0n) is 8.32. The summed E-state index contributed by atoms with van der Waals surface area (Å²) in [6.45, 7) is 0.542. The molecule has 0 radical (unpaired) electrons. The molecule has 0 spiro atoms. The fourth-order valence-electron chi connectivity index (χ4n) is 1.41. The predicted molar refractivity (Wildman–Crippen MR) is 58.9 cm³/mol. The molecular weight excluding hydrogens is 212 g/mol. The Morgan fingerprint density at radius 1 is 1.67 bits per heavy atom.